The van der Waals surface area contributed by atoms with E-state index in [9.17, 15) is 18.4 Å². The summed E-state index contributed by atoms with van der Waals surface area (Å²) in [4.78, 5) is 27.6. The molecular weight excluding hydrogens is 414 g/mol. The van der Waals surface area contributed by atoms with Gasteiger partial charge < -0.3 is 10.2 Å². The van der Waals surface area contributed by atoms with Gasteiger partial charge in [0.15, 0.2) is 0 Å². The Labute approximate surface area is 187 Å². The largest absolute Gasteiger partial charge is 0.348 e. The van der Waals surface area contributed by atoms with Crippen LogP contribution >= 0.6 is 0 Å². The molecule has 0 bridgehead atoms. The number of benzene rings is 1. The van der Waals surface area contributed by atoms with Crippen molar-refractivity contribution in [1.82, 2.24) is 20.0 Å². The number of aryl methyl sites for hydroxylation is 2. The molecule has 1 N–H and O–H groups in total. The number of hydrogen-bond donors (Lipinski definition) is 1. The highest BCUT2D eigenvalue weighted by atomic mass is 19.1. The van der Waals surface area contributed by atoms with E-state index in [0.717, 1.165) is 30.3 Å². The average Bonchev–Trinajstić information content (AvgIpc) is 3.16. The molecule has 0 aliphatic carbocycles. The molecule has 172 valence electrons. The lowest BCUT2D eigenvalue weighted by Crippen LogP contribution is -2.53. The lowest BCUT2D eigenvalue weighted by atomic mass is 9.79. The molecule has 2 saturated heterocycles. The fourth-order valence-corrected chi connectivity index (χ4v) is 5.30. The maximum Gasteiger partial charge on any atom is 0.227 e. The van der Waals surface area contributed by atoms with Crippen molar-refractivity contribution in [2.45, 2.75) is 64.5 Å². The molecule has 2 aromatic rings. The normalized spacial score (nSPS) is 24.5. The molecule has 6 nitrogen and oxygen atoms in total. The standard InChI is InChI=1S/C24H30F2N4O2/c1-15(12-30-17(3)8-16(2)28-30)23(32)29-13-21(18-9-19(25)11-20(26)10-18)24(14-29)7-5-4-6-22(31)27-24/h8-11,15,21H,4-7,12-14H2,1-3H3,(H,27,31)/t15-,21-,24+/m0/s1. The first kappa shape index (κ1) is 22.4. The second-order valence-corrected chi connectivity index (χ2v) is 9.40. The topological polar surface area (TPSA) is 67.2 Å². The van der Waals surface area contributed by atoms with E-state index in [0.29, 0.717) is 38.0 Å². The van der Waals surface area contributed by atoms with Gasteiger partial charge in [0.2, 0.25) is 11.8 Å². The van der Waals surface area contributed by atoms with Crippen LogP contribution in [0.25, 0.3) is 0 Å². The minimum atomic E-state index is -0.721. The number of amides is 2. The zero-order valence-corrected chi connectivity index (χ0v) is 18.8. The Morgan fingerprint density at radius 1 is 1.22 bits per heavy atom. The van der Waals surface area contributed by atoms with E-state index in [-0.39, 0.29) is 23.7 Å². The summed E-state index contributed by atoms with van der Waals surface area (Å²) in [6.45, 7) is 6.83. The Hall–Kier alpha value is -2.77. The van der Waals surface area contributed by atoms with E-state index in [4.69, 9.17) is 0 Å². The summed E-state index contributed by atoms with van der Waals surface area (Å²) in [6.07, 6.45) is 2.67. The Balaban J connectivity index is 1.62. The second kappa shape index (κ2) is 8.64. The van der Waals surface area contributed by atoms with Crippen molar-refractivity contribution in [3.8, 4) is 0 Å². The lowest BCUT2D eigenvalue weighted by Gasteiger charge is -2.35. The summed E-state index contributed by atoms with van der Waals surface area (Å²) in [5.74, 6) is -2.13. The van der Waals surface area contributed by atoms with Crippen LogP contribution < -0.4 is 5.32 Å². The maximum absolute atomic E-state index is 14.0. The molecule has 1 aromatic carbocycles. The van der Waals surface area contributed by atoms with E-state index < -0.39 is 17.2 Å². The fourth-order valence-electron chi connectivity index (χ4n) is 5.30. The van der Waals surface area contributed by atoms with Crippen LogP contribution in [0.3, 0.4) is 0 Å². The Morgan fingerprint density at radius 2 is 1.94 bits per heavy atom. The van der Waals surface area contributed by atoms with E-state index in [1.165, 1.54) is 12.1 Å². The smallest absolute Gasteiger partial charge is 0.227 e. The number of halogens is 2. The SMILES string of the molecule is Cc1cc(C)n(C[C@H](C)C(=O)N2C[C@@H](c3cc(F)cc(F)c3)[C@@]3(CCCCC(=O)N3)C2)n1. The van der Waals surface area contributed by atoms with E-state index >= 15 is 0 Å². The Kier molecular flexibility index (Phi) is 6.05. The highest BCUT2D eigenvalue weighted by Crippen LogP contribution is 2.41. The lowest BCUT2D eigenvalue weighted by molar-refractivity contribution is -0.135. The van der Waals surface area contributed by atoms with Gasteiger partial charge in [-0.05, 0) is 50.5 Å². The van der Waals surface area contributed by atoms with Crippen molar-refractivity contribution in [2.24, 2.45) is 5.92 Å². The minimum Gasteiger partial charge on any atom is -0.348 e. The molecule has 3 heterocycles. The van der Waals surface area contributed by atoms with Crippen molar-refractivity contribution in [2.75, 3.05) is 13.1 Å². The highest BCUT2D eigenvalue weighted by molar-refractivity contribution is 5.81. The molecule has 0 unspecified atom stereocenters. The number of carbonyl (C=O) groups is 2. The van der Waals surface area contributed by atoms with Crippen molar-refractivity contribution in [1.29, 1.82) is 0 Å². The van der Waals surface area contributed by atoms with Crippen molar-refractivity contribution in [3.63, 3.8) is 0 Å². The van der Waals surface area contributed by atoms with Gasteiger partial charge in [0.05, 0.1) is 23.7 Å². The number of nitrogens with one attached hydrogen (secondary N) is 1. The summed E-state index contributed by atoms with van der Waals surface area (Å²) in [5, 5.41) is 7.58. The molecule has 2 aliphatic rings. The molecule has 3 atom stereocenters. The van der Waals surface area contributed by atoms with Gasteiger partial charge in [-0.2, -0.15) is 5.10 Å². The molecule has 2 fully saturated rings. The summed E-state index contributed by atoms with van der Waals surface area (Å²) in [7, 11) is 0. The Bertz CT molecular complexity index is 1020. The zero-order valence-electron chi connectivity index (χ0n) is 18.8. The first-order chi connectivity index (χ1) is 15.2. The zero-order chi connectivity index (χ0) is 23.0. The van der Waals surface area contributed by atoms with Crippen LogP contribution in [0.5, 0.6) is 0 Å². The van der Waals surface area contributed by atoms with Crippen LogP contribution in [0.2, 0.25) is 0 Å². The first-order valence-electron chi connectivity index (χ1n) is 11.2. The van der Waals surface area contributed by atoms with Crippen LogP contribution in [-0.4, -0.2) is 45.1 Å². The predicted octanol–water partition coefficient (Wildman–Crippen LogP) is 3.47. The highest BCUT2D eigenvalue weighted by Gasteiger charge is 2.50. The number of rotatable bonds is 4. The van der Waals surface area contributed by atoms with Gasteiger partial charge in [-0.25, -0.2) is 8.78 Å². The van der Waals surface area contributed by atoms with Gasteiger partial charge in [-0.3, -0.25) is 14.3 Å². The predicted molar refractivity (Wildman–Crippen MR) is 116 cm³/mol. The molecule has 8 heteroatoms. The third-order valence-corrected chi connectivity index (χ3v) is 6.78. The monoisotopic (exact) mass is 444 g/mol. The van der Waals surface area contributed by atoms with Gasteiger partial charge in [0.25, 0.3) is 0 Å². The van der Waals surface area contributed by atoms with Crippen LogP contribution in [-0.2, 0) is 16.1 Å². The van der Waals surface area contributed by atoms with Gasteiger partial charge in [0, 0.05) is 37.2 Å². The van der Waals surface area contributed by atoms with Gasteiger partial charge in [-0.15, -0.1) is 0 Å². The molecule has 1 aromatic heterocycles. The first-order valence-corrected chi connectivity index (χ1v) is 11.2. The van der Waals surface area contributed by atoms with E-state index in [2.05, 4.69) is 10.4 Å². The quantitative estimate of drug-likeness (QED) is 0.785. The second-order valence-electron chi connectivity index (χ2n) is 9.40. The molecule has 1 spiro atoms. The molecule has 0 saturated carbocycles. The van der Waals surface area contributed by atoms with Gasteiger partial charge in [0.1, 0.15) is 11.6 Å². The molecule has 2 amide bonds. The average molecular weight is 445 g/mol. The van der Waals surface area contributed by atoms with Crippen molar-refractivity contribution < 1.29 is 18.4 Å². The van der Waals surface area contributed by atoms with E-state index in [1.54, 1.807) is 4.90 Å². The van der Waals surface area contributed by atoms with Gasteiger partial charge >= 0.3 is 0 Å². The van der Waals surface area contributed by atoms with Gasteiger partial charge in [-0.1, -0.05) is 13.3 Å². The van der Waals surface area contributed by atoms with Crippen LogP contribution in [0, 0.1) is 31.4 Å². The molecular formula is C24H30F2N4O2. The van der Waals surface area contributed by atoms with Crippen LogP contribution in [0.15, 0.2) is 24.3 Å². The number of hydrogen-bond acceptors (Lipinski definition) is 3. The Morgan fingerprint density at radius 3 is 2.59 bits per heavy atom. The molecule has 4 rings (SSSR count). The van der Waals surface area contributed by atoms with E-state index in [1.807, 2.05) is 31.5 Å². The molecule has 0 radical (unpaired) electrons. The molecule has 32 heavy (non-hydrogen) atoms. The number of aromatic nitrogens is 2. The fraction of sp³-hybridized carbons (Fsp3) is 0.542. The number of carbonyl (C=O) groups excluding carboxylic acids is 2. The van der Waals surface area contributed by atoms with Crippen LogP contribution in [0.4, 0.5) is 8.78 Å². The number of nitrogens with zero attached hydrogens (tertiary/aromatic N) is 3. The third-order valence-electron chi connectivity index (χ3n) is 6.78. The summed E-state index contributed by atoms with van der Waals surface area (Å²) in [6, 6.07) is 5.45. The minimum absolute atomic E-state index is 0.0465. The van der Waals surface area contributed by atoms with Crippen molar-refractivity contribution >= 4 is 11.8 Å². The van der Waals surface area contributed by atoms with Crippen molar-refractivity contribution in [3.05, 3.63) is 52.9 Å². The molecule has 2 aliphatic heterocycles. The third kappa shape index (κ3) is 4.40. The summed E-state index contributed by atoms with van der Waals surface area (Å²) >= 11 is 0. The summed E-state index contributed by atoms with van der Waals surface area (Å²) < 4.78 is 29.9. The van der Waals surface area contributed by atoms with Crippen LogP contribution in [0.1, 0.15) is 55.5 Å². The maximum atomic E-state index is 14.0. The summed E-state index contributed by atoms with van der Waals surface area (Å²) in [5.41, 5.74) is 1.65. The number of likely N-dealkylation sites (tertiary alicyclic amines) is 1.